The minimum atomic E-state index is 0.238. The molecule has 0 spiro atoms. The Hall–Kier alpha value is -1.45. The molecule has 0 radical (unpaired) electrons. The van der Waals surface area contributed by atoms with Crippen molar-refractivity contribution in [2.45, 2.75) is 25.3 Å². The van der Waals surface area contributed by atoms with Crippen LogP contribution in [0.15, 0.2) is 36.7 Å². The number of pyridine rings is 1. The second-order valence-electron chi connectivity index (χ2n) is 4.79. The minimum Gasteiger partial charge on any atom is -0.271 e. The van der Waals surface area contributed by atoms with Gasteiger partial charge in [0.2, 0.25) is 0 Å². The van der Waals surface area contributed by atoms with Gasteiger partial charge in [-0.3, -0.25) is 16.3 Å². The van der Waals surface area contributed by atoms with Crippen LogP contribution in [0.5, 0.6) is 0 Å². The summed E-state index contributed by atoms with van der Waals surface area (Å²) in [5.74, 6) is 6.39. The number of fused-ring (bicyclic) bond motifs is 1. The summed E-state index contributed by atoms with van der Waals surface area (Å²) in [4.78, 5) is 4.33. The van der Waals surface area contributed by atoms with E-state index in [1.54, 1.807) is 0 Å². The highest BCUT2D eigenvalue weighted by atomic mass is 15.2. The van der Waals surface area contributed by atoms with Gasteiger partial charge in [0.1, 0.15) is 0 Å². The third-order valence-corrected chi connectivity index (χ3v) is 3.83. The molecule has 1 aliphatic rings. The SMILES string of the molecule is NNC(c1cncc2ccccc12)C1CCC1. The molecule has 1 heterocycles. The Balaban J connectivity index is 2.08. The molecular formula is C14H17N3. The first kappa shape index (κ1) is 10.7. The molecule has 0 saturated heterocycles. The third-order valence-electron chi connectivity index (χ3n) is 3.83. The molecule has 1 aromatic heterocycles. The Kier molecular flexibility index (Phi) is 2.79. The molecule has 1 saturated carbocycles. The molecule has 3 heteroatoms. The Morgan fingerprint density at radius 3 is 2.76 bits per heavy atom. The summed E-state index contributed by atoms with van der Waals surface area (Å²) in [6.45, 7) is 0. The Labute approximate surface area is 101 Å². The van der Waals surface area contributed by atoms with Crippen molar-refractivity contribution in [1.82, 2.24) is 10.4 Å². The molecule has 17 heavy (non-hydrogen) atoms. The summed E-state index contributed by atoms with van der Waals surface area (Å²) in [6.07, 6.45) is 7.70. The Morgan fingerprint density at radius 1 is 1.24 bits per heavy atom. The van der Waals surface area contributed by atoms with Gasteiger partial charge in [-0.25, -0.2) is 0 Å². The third kappa shape index (κ3) is 1.81. The number of nitrogens with one attached hydrogen (secondary N) is 1. The van der Waals surface area contributed by atoms with E-state index >= 15 is 0 Å². The van der Waals surface area contributed by atoms with E-state index in [9.17, 15) is 0 Å². The summed E-state index contributed by atoms with van der Waals surface area (Å²) >= 11 is 0. The fourth-order valence-electron chi connectivity index (χ4n) is 2.64. The first-order valence-corrected chi connectivity index (χ1v) is 6.19. The predicted molar refractivity (Wildman–Crippen MR) is 69.1 cm³/mol. The number of hydrogen-bond donors (Lipinski definition) is 2. The van der Waals surface area contributed by atoms with Crippen LogP contribution in [-0.4, -0.2) is 4.98 Å². The Bertz CT molecular complexity index is 514. The average Bonchev–Trinajstić information content (AvgIpc) is 2.33. The van der Waals surface area contributed by atoms with E-state index in [1.807, 2.05) is 18.5 Å². The van der Waals surface area contributed by atoms with Crippen molar-refractivity contribution in [3.05, 3.63) is 42.2 Å². The summed E-state index contributed by atoms with van der Waals surface area (Å²) in [7, 11) is 0. The molecule has 1 atom stereocenters. The molecule has 1 fully saturated rings. The van der Waals surface area contributed by atoms with Crippen molar-refractivity contribution >= 4 is 10.8 Å². The van der Waals surface area contributed by atoms with E-state index in [2.05, 4.69) is 28.6 Å². The molecule has 0 aliphatic heterocycles. The number of rotatable bonds is 3. The van der Waals surface area contributed by atoms with Gasteiger partial charge in [-0.1, -0.05) is 30.7 Å². The lowest BCUT2D eigenvalue weighted by atomic mass is 9.77. The molecule has 3 nitrogen and oxygen atoms in total. The molecule has 0 bridgehead atoms. The van der Waals surface area contributed by atoms with Gasteiger partial charge in [-0.05, 0) is 29.7 Å². The number of aromatic nitrogens is 1. The molecule has 3 rings (SSSR count). The van der Waals surface area contributed by atoms with Crippen LogP contribution in [0.4, 0.5) is 0 Å². The van der Waals surface area contributed by atoms with E-state index < -0.39 is 0 Å². The van der Waals surface area contributed by atoms with Gasteiger partial charge >= 0.3 is 0 Å². The van der Waals surface area contributed by atoms with Gasteiger partial charge in [-0.2, -0.15) is 0 Å². The number of benzene rings is 1. The number of nitrogens with zero attached hydrogens (tertiary/aromatic N) is 1. The maximum atomic E-state index is 5.73. The quantitative estimate of drug-likeness (QED) is 0.626. The van der Waals surface area contributed by atoms with E-state index in [0.29, 0.717) is 5.92 Å². The lowest BCUT2D eigenvalue weighted by Gasteiger charge is -2.33. The Morgan fingerprint density at radius 2 is 2.06 bits per heavy atom. The summed E-state index contributed by atoms with van der Waals surface area (Å²) in [6, 6.07) is 8.60. The first-order valence-electron chi connectivity index (χ1n) is 6.19. The zero-order valence-corrected chi connectivity index (χ0v) is 9.76. The van der Waals surface area contributed by atoms with Gasteiger partial charge in [0.25, 0.3) is 0 Å². The average molecular weight is 227 g/mol. The molecular weight excluding hydrogens is 210 g/mol. The second kappa shape index (κ2) is 4.43. The van der Waals surface area contributed by atoms with Crippen molar-refractivity contribution in [2.75, 3.05) is 0 Å². The highest BCUT2D eigenvalue weighted by molar-refractivity contribution is 5.85. The molecule has 88 valence electrons. The van der Waals surface area contributed by atoms with Gasteiger partial charge in [-0.15, -0.1) is 0 Å². The van der Waals surface area contributed by atoms with Crippen LogP contribution in [-0.2, 0) is 0 Å². The molecule has 2 aromatic rings. The van der Waals surface area contributed by atoms with Gasteiger partial charge in [0, 0.05) is 17.8 Å². The van der Waals surface area contributed by atoms with E-state index in [1.165, 1.54) is 35.6 Å². The van der Waals surface area contributed by atoms with Crippen LogP contribution in [0.2, 0.25) is 0 Å². The summed E-state index contributed by atoms with van der Waals surface area (Å²) in [5.41, 5.74) is 4.20. The van der Waals surface area contributed by atoms with Crippen LogP contribution in [0.25, 0.3) is 10.8 Å². The lowest BCUT2D eigenvalue weighted by Crippen LogP contribution is -2.36. The van der Waals surface area contributed by atoms with Crippen LogP contribution in [0.1, 0.15) is 30.9 Å². The standard InChI is InChI=1S/C14H17N3/c15-17-14(10-5-3-6-10)13-9-16-8-11-4-1-2-7-12(11)13/h1-2,4,7-10,14,17H,3,5-6,15H2. The van der Waals surface area contributed by atoms with Crippen molar-refractivity contribution < 1.29 is 0 Å². The summed E-state index contributed by atoms with van der Waals surface area (Å²) in [5, 5.41) is 2.45. The van der Waals surface area contributed by atoms with Crippen molar-refractivity contribution in [3.8, 4) is 0 Å². The normalized spacial score (nSPS) is 17.9. The molecule has 1 aliphatic carbocycles. The molecule has 1 aromatic carbocycles. The minimum absolute atomic E-state index is 0.238. The van der Waals surface area contributed by atoms with Crippen LogP contribution in [0, 0.1) is 5.92 Å². The van der Waals surface area contributed by atoms with E-state index in [4.69, 9.17) is 5.84 Å². The molecule has 3 N–H and O–H groups in total. The summed E-state index contributed by atoms with van der Waals surface area (Å²) < 4.78 is 0. The fourth-order valence-corrected chi connectivity index (χ4v) is 2.64. The van der Waals surface area contributed by atoms with E-state index in [0.717, 1.165) is 0 Å². The zero-order valence-electron chi connectivity index (χ0n) is 9.76. The van der Waals surface area contributed by atoms with Crippen molar-refractivity contribution in [3.63, 3.8) is 0 Å². The smallest absolute Gasteiger partial charge is 0.0509 e. The maximum absolute atomic E-state index is 5.73. The topological polar surface area (TPSA) is 50.9 Å². The lowest BCUT2D eigenvalue weighted by molar-refractivity contribution is 0.233. The number of nitrogens with two attached hydrogens (primary N) is 1. The van der Waals surface area contributed by atoms with Crippen LogP contribution in [0.3, 0.4) is 0 Å². The van der Waals surface area contributed by atoms with E-state index in [-0.39, 0.29) is 6.04 Å². The first-order chi connectivity index (χ1) is 8.40. The van der Waals surface area contributed by atoms with Crippen molar-refractivity contribution in [1.29, 1.82) is 0 Å². The fraction of sp³-hybridized carbons (Fsp3) is 0.357. The van der Waals surface area contributed by atoms with Crippen LogP contribution < -0.4 is 11.3 Å². The molecule has 1 unspecified atom stereocenters. The van der Waals surface area contributed by atoms with Crippen molar-refractivity contribution in [2.24, 2.45) is 11.8 Å². The highest BCUT2D eigenvalue weighted by Crippen LogP contribution is 2.38. The van der Waals surface area contributed by atoms with Gasteiger partial charge < -0.3 is 0 Å². The number of hydrogen-bond acceptors (Lipinski definition) is 3. The monoisotopic (exact) mass is 227 g/mol. The molecule has 0 amide bonds. The second-order valence-corrected chi connectivity index (χ2v) is 4.79. The highest BCUT2D eigenvalue weighted by Gasteiger charge is 2.28. The maximum Gasteiger partial charge on any atom is 0.0509 e. The van der Waals surface area contributed by atoms with Crippen LogP contribution >= 0.6 is 0 Å². The zero-order chi connectivity index (χ0) is 11.7. The predicted octanol–water partition coefficient (Wildman–Crippen LogP) is 2.54. The van der Waals surface area contributed by atoms with Gasteiger partial charge in [0.05, 0.1) is 6.04 Å². The number of hydrazine groups is 1. The largest absolute Gasteiger partial charge is 0.271 e. The van der Waals surface area contributed by atoms with Gasteiger partial charge in [0.15, 0.2) is 0 Å².